The Labute approximate surface area is 376 Å². The van der Waals surface area contributed by atoms with Gasteiger partial charge in [0.1, 0.15) is 23.4 Å². The summed E-state index contributed by atoms with van der Waals surface area (Å²) >= 11 is 8.11. The Hall–Kier alpha value is -5.92. The van der Waals surface area contributed by atoms with Crippen molar-refractivity contribution in [3.8, 4) is 28.4 Å². The highest BCUT2D eigenvalue weighted by atomic mass is 35.5. The molecular formula is C49H54ClN5O7S. The van der Waals surface area contributed by atoms with Gasteiger partial charge in [-0.15, -0.1) is 11.3 Å². The van der Waals surface area contributed by atoms with Crippen LogP contribution in [-0.4, -0.2) is 80.9 Å². The molecule has 2 aliphatic rings. The molecule has 2 aromatic heterocycles. The van der Waals surface area contributed by atoms with Crippen molar-refractivity contribution < 1.29 is 34.1 Å². The molecule has 4 heterocycles. The Morgan fingerprint density at radius 1 is 0.921 bits per heavy atom. The fourth-order valence-corrected chi connectivity index (χ4v) is 9.56. The summed E-state index contributed by atoms with van der Waals surface area (Å²) in [5, 5.41) is 27.3. The van der Waals surface area contributed by atoms with Crippen LogP contribution >= 0.6 is 22.9 Å². The molecule has 0 unspecified atom stereocenters. The summed E-state index contributed by atoms with van der Waals surface area (Å²) in [7, 11) is 0. The summed E-state index contributed by atoms with van der Waals surface area (Å²) in [6, 6.07) is 18.6. The van der Waals surface area contributed by atoms with Gasteiger partial charge in [-0.25, -0.2) is 0 Å². The average molecular weight is 893 g/mol. The molecule has 63 heavy (non-hydrogen) atoms. The molecule has 0 spiro atoms. The molecule has 330 valence electrons. The number of piperidine rings is 1. The van der Waals surface area contributed by atoms with Gasteiger partial charge in [0, 0.05) is 90.2 Å². The van der Waals surface area contributed by atoms with E-state index < -0.39 is 0 Å². The molecular weight excluding hydrogens is 838 g/mol. The Morgan fingerprint density at radius 3 is 2.32 bits per heavy atom. The number of phenols is 2. The van der Waals surface area contributed by atoms with Gasteiger partial charge in [-0.1, -0.05) is 56.2 Å². The normalized spacial score (nSPS) is 14.7. The number of phenolic OH excluding ortho intramolecular Hbond substituents is 2. The first kappa shape index (κ1) is 45.1. The van der Waals surface area contributed by atoms with E-state index in [1.54, 1.807) is 18.3 Å². The number of carbonyl (C=O) groups is 4. The molecule has 5 aromatic rings. The largest absolute Gasteiger partial charge is 0.507 e. The van der Waals surface area contributed by atoms with Crippen LogP contribution in [0.1, 0.15) is 98.3 Å². The number of imide groups is 1. The number of hydrogen-bond acceptors (Lipinski definition) is 10. The van der Waals surface area contributed by atoms with Crippen molar-refractivity contribution in [1.82, 2.24) is 20.1 Å². The third-order valence-corrected chi connectivity index (χ3v) is 12.9. The summed E-state index contributed by atoms with van der Waals surface area (Å²) in [5.74, 6) is 0.633. The van der Waals surface area contributed by atoms with Gasteiger partial charge in [-0.05, 0) is 90.9 Å². The van der Waals surface area contributed by atoms with Crippen LogP contribution in [0.4, 0.5) is 5.69 Å². The Bertz CT molecular complexity index is 2470. The van der Waals surface area contributed by atoms with E-state index in [0.29, 0.717) is 55.0 Å². The van der Waals surface area contributed by atoms with Gasteiger partial charge in [0.15, 0.2) is 0 Å². The number of pyridine rings is 1. The second kappa shape index (κ2) is 20.5. The molecule has 0 aliphatic carbocycles. The number of likely N-dealkylation sites (tertiary alicyclic amines) is 2. The lowest BCUT2D eigenvalue weighted by Gasteiger charge is -2.33. The number of ether oxygens (including phenoxy) is 1. The van der Waals surface area contributed by atoms with Crippen molar-refractivity contribution in [3.05, 3.63) is 99.0 Å². The molecule has 0 bridgehead atoms. The maximum atomic E-state index is 13.1. The molecule has 3 aromatic carbocycles. The third kappa shape index (κ3) is 11.4. The molecule has 0 radical (unpaired) electrons. The fraction of sp³-hybridized carbons (Fsp3) is 0.367. The molecule has 0 atom stereocenters. The van der Waals surface area contributed by atoms with E-state index in [-0.39, 0.29) is 73.1 Å². The number of nitrogens with one attached hydrogen (secondary N) is 2. The highest BCUT2D eigenvalue weighted by molar-refractivity contribution is 7.19. The monoisotopic (exact) mass is 891 g/mol. The summed E-state index contributed by atoms with van der Waals surface area (Å²) in [5.41, 5.74) is 6.43. The second-order valence-electron chi connectivity index (χ2n) is 16.6. The van der Waals surface area contributed by atoms with E-state index in [2.05, 4.69) is 15.6 Å². The van der Waals surface area contributed by atoms with Crippen molar-refractivity contribution in [2.75, 3.05) is 31.5 Å². The molecule has 12 nitrogen and oxygen atoms in total. The van der Waals surface area contributed by atoms with Gasteiger partial charge in [0.2, 0.25) is 23.6 Å². The van der Waals surface area contributed by atoms with E-state index in [1.807, 2.05) is 86.4 Å². The predicted molar refractivity (Wildman–Crippen MR) is 249 cm³/mol. The first-order chi connectivity index (χ1) is 30.3. The van der Waals surface area contributed by atoms with Crippen molar-refractivity contribution in [2.45, 2.75) is 90.7 Å². The van der Waals surface area contributed by atoms with Crippen molar-refractivity contribution in [3.63, 3.8) is 0 Å². The smallest absolute Gasteiger partial charge is 0.239 e. The van der Waals surface area contributed by atoms with Gasteiger partial charge < -0.3 is 30.5 Å². The minimum absolute atomic E-state index is 0.00778. The van der Waals surface area contributed by atoms with E-state index >= 15 is 0 Å². The number of rotatable bonds is 17. The van der Waals surface area contributed by atoms with Gasteiger partial charge in [0.25, 0.3) is 0 Å². The maximum absolute atomic E-state index is 13.1. The molecule has 7 rings (SSSR count). The number of anilines is 1. The minimum atomic E-state index is -0.147. The molecule has 14 heteroatoms. The van der Waals surface area contributed by atoms with Crippen LogP contribution in [-0.2, 0) is 25.7 Å². The highest BCUT2D eigenvalue weighted by Gasteiger charge is 2.30. The van der Waals surface area contributed by atoms with E-state index in [0.717, 1.165) is 68.0 Å². The summed E-state index contributed by atoms with van der Waals surface area (Å²) in [4.78, 5) is 58.9. The number of fused-ring (bicyclic) bond motifs is 1. The van der Waals surface area contributed by atoms with Crippen LogP contribution < -0.4 is 15.4 Å². The van der Waals surface area contributed by atoms with Gasteiger partial charge in [0.05, 0.1) is 23.3 Å². The SMILES string of the molecule is Cc1cc(Cl)cc(-c2ccnc3cc(CN4C(=O)CCC4=O)sc23)c1OC1CCN(C(=O)CCCCCNC(=O)CNc2ccc(/C=C/c3cc(O)c(C(C)C)c(O)c3)cc2)CC1. The zero-order valence-electron chi connectivity index (χ0n) is 35.9. The molecule has 2 aliphatic heterocycles. The maximum Gasteiger partial charge on any atom is 0.239 e. The number of aryl methyl sites for hydroxylation is 1. The summed E-state index contributed by atoms with van der Waals surface area (Å²) < 4.78 is 7.64. The van der Waals surface area contributed by atoms with Crippen LogP contribution in [0.3, 0.4) is 0 Å². The topological polar surface area (TPSA) is 161 Å². The highest BCUT2D eigenvalue weighted by Crippen LogP contribution is 2.43. The van der Waals surface area contributed by atoms with Crippen LogP contribution in [0.15, 0.2) is 66.9 Å². The van der Waals surface area contributed by atoms with E-state index in [9.17, 15) is 29.4 Å². The summed E-state index contributed by atoms with van der Waals surface area (Å²) in [6.07, 6.45) is 10.1. The molecule has 2 saturated heterocycles. The third-order valence-electron chi connectivity index (χ3n) is 11.5. The van der Waals surface area contributed by atoms with Crippen molar-refractivity contribution in [2.24, 2.45) is 0 Å². The van der Waals surface area contributed by atoms with Crippen molar-refractivity contribution in [1.29, 1.82) is 0 Å². The zero-order chi connectivity index (χ0) is 44.6. The molecule has 0 saturated carbocycles. The number of carbonyl (C=O) groups excluding carboxylic acids is 4. The van der Waals surface area contributed by atoms with Gasteiger partial charge in [-0.3, -0.25) is 29.1 Å². The number of amides is 4. The van der Waals surface area contributed by atoms with Crippen LogP contribution in [0.2, 0.25) is 5.02 Å². The van der Waals surface area contributed by atoms with E-state index in [4.69, 9.17) is 16.3 Å². The number of nitrogens with zero attached hydrogens (tertiary/aromatic N) is 3. The second-order valence-corrected chi connectivity index (χ2v) is 18.1. The Balaban J connectivity index is 0.811. The van der Waals surface area contributed by atoms with E-state index in [1.165, 1.54) is 16.2 Å². The van der Waals surface area contributed by atoms with Crippen LogP contribution in [0.25, 0.3) is 33.5 Å². The lowest BCUT2D eigenvalue weighted by atomic mass is 9.98. The number of halogens is 1. The Kier molecular flexibility index (Phi) is 14.7. The Morgan fingerprint density at radius 2 is 1.62 bits per heavy atom. The first-order valence-corrected chi connectivity index (χ1v) is 22.8. The number of aromatic nitrogens is 1. The number of hydrogen-bond donors (Lipinski definition) is 4. The number of unbranched alkanes of at least 4 members (excludes halogenated alkanes) is 2. The fourth-order valence-electron chi connectivity index (χ4n) is 8.15. The zero-order valence-corrected chi connectivity index (χ0v) is 37.5. The average Bonchev–Trinajstić information content (AvgIpc) is 3.82. The number of benzene rings is 3. The molecule has 2 fully saturated rings. The minimum Gasteiger partial charge on any atom is -0.507 e. The number of aromatic hydroxyl groups is 2. The van der Waals surface area contributed by atoms with Crippen molar-refractivity contribution >= 4 is 74.6 Å². The first-order valence-electron chi connectivity index (χ1n) is 21.6. The lowest BCUT2D eigenvalue weighted by Crippen LogP contribution is -2.41. The lowest BCUT2D eigenvalue weighted by molar-refractivity contribution is -0.139. The molecule has 4 N–H and O–H groups in total. The van der Waals surface area contributed by atoms with Crippen LogP contribution in [0.5, 0.6) is 17.2 Å². The number of thiophene rings is 1. The van der Waals surface area contributed by atoms with Crippen LogP contribution in [0, 0.1) is 6.92 Å². The predicted octanol–water partition coefficient (Wildman–Crippen LogP) is 9.44. The van der Waals surface area contributed by atoms with Gasteiger partial charge >= 0.3 is 0 Å². The van der Waals surface area contributed by atoms with Gasteiger partial charge in [-0.2, -0.15) is 0 Å². The quantitative estimate of drug-likeness (QED) is 0.0405. The summed E-state index contributed by atoms with van der Waals surface area (Å²) in [6.45, 7) is 7.95. The molecule has 4 amide bonds. The standard InChI is InChI=1S/C49H54ClN5O7S/c1-30(2)47-41(56)24-33(25-42(47)57)9-8-32-10-12-35(13-11-32)53-28-43(58)52-19-6-4-5-7-44(59)54-21-17-36(18-22-54)62-48-31(3)23-34(50)26-39(48)38-16-20-51-40-27-37(63-49(38)40)29-55-45(60)14-15-46(55)61/h8-13,16,20,23-27,30,36,53,56-57H,4-7,14-15,17-19,21-22,28-29H2,1-3H3,(H,52,58)/b9-8+.